The smallest absolute Gasteiger partial charge is 0.148 e. The fraction of sp³-hybridized carbons (Fsp3) is 0.0833. The topological polar surface area (TPSA) is 25.5 Å². The predicted molar refractivity (Wildman–Crippen MR) is 57.1 cm³/mol. The van der Waals surface area contributed by atoms with E-state index in [4.69, 9.17) is 4.42 Å². The molecule has 2 aromatic rings. The van der Waals surface area contributed by atoms with Crippen LogP contribution >= 0.6 is 0 Å². The molecule has 15 heavy (non-hydrogen) atoms. The van der Waals surface area contributed by atoms with Crippen molar-refractivity contribution in [3.63, 3.8) is 0 Å². The van der Waals surface area contributed by atoms with Crippen molar-refractivity contribution >= 4 is 11.9 Å². The van der Waals surface area contributed by atoms with Crippen LogP contribution in [-0.2, 0) is 0 Å². The molecule has 76 valence electrons. The van der Waals surface area contributed by atoms with Crippen molar-refractivity contribution < 1.29 is 8.81 Å². The lowest BCUT2D eigenvalue weighted by Gasteiger charge is -1.93. The lowest BCUT2D eigenvalue weighted by atomic mass is 10.3. The Morgan fingerprint density at radius 2 is 2.00 bits per heavy atom. The van der Waals surface area contributed by atoms with Crippen molar-refractivity contribution in [1.82, 2.24) is 0 Å². The Kier molecular flexibility index (Phi) is 2.63. The summed E-state index contributed by atoms with van der Waals surface area (Å²) in [6, 6.07) is 9.98. The maximum atomic E-state index is 13.2. The fourth-order valence-electron chi connectivity index (χ4n) is 1.21. The van der Waals surface area contributed by atoms with Crippen molar-refractivity contribution in [3.8, 4) is 0 Å². The Morgan fingerprint density at radius 3 is 2.67 bits per heavy atom. The molecule has 0 saturated carbocycles. The molecule has 0 bridgehead atoms. The van der Waals surface area contributed by atoms with Crippen LogP contribution in [0.25, 0.3) is 0 Å². The molecule has 2 rings (SSSR count). The standard InChI is InChI=1S/C12H10FNO/c1-9-6-7-10(15-9)8-14-12-5-3-2-4-11(12)13/h2-8H,1H3. The number of rotatable bonds is 2. The first-order valence-corrected chi connectivity index (χ1v) is 4.61. The Bertz CT molecular complexity index is 488. The molecule has 0 spiro atoms. The summed E-state index contributed by atoms with van der Waals surface area (Å²) in [5.74, 6) is 1.10. The summed E-state index contributed by atoms with van der Waals surface area (Å²) in [4.78, 5) is 4.00. The molecular weight excluding hydrogens is 193 g/mol. The van der Waals surface area contributed by atoms with E-state index in [0.29, 0.717) is 11.4 Å². The van der Waals surface area contributed by atoms with Crippen LogP contribution in [0.15, 0.2) is 45.8 Å². The van der Waals surface area contributed by atoms with E-state index in [0.717, 1.165) is 5.76 Å². The van der Waals surface area contributed by atoms with Gasteiger partial charge in [-0.15, -0.1) is 0 Å². The zero-order chi connectivity index (χ0) is 10.7. The lowest BCUT2D eigenvalue weighted by Crippen LogP contribution is -1.77. The number of nitrogens with zero attached hydrogens (tertiary/aromatic N) is 1. The van der Waals surface area contributed by atoms with E-state index in [1.807, 2.05) is 13.0 Å². The molecule has 0 atom stereocenters. The number of aryl methyl sites for hydroxylation is 1. The summed E-state index contributed by atoms with van der Waals surface area (Å²) in [5, 5.41) is 0. The number of aliphatic imine (C=N–C) groups is 1. The van der Waals surface area contributed by atoms with E-state index in [1.165, 1.54) is 12.3 Å². The van der Waals surface area contributed by atoms with Gasteiger partial charge in [0.1, 0.15) is 17.3 Å². The number of para-hydroxylation sites is 1. The average Bonchev–Trinajstić information content (AvgIpc) is 2.63. The van der Waals surface area contributed by atoms with Gasteiger partial charge in [0.25, 0.3) is 0 Å². The molecule has 0 unspecified atom stereocenters. The third kappa shape index (κ3) is 2.31. The quantitative estimate of drug-likeness (QED) is 0.686. The Morgan fingerprint density at radius 1 is 1.20 bits per heavy atom. The van der Waals surface area contributed by atoms with Gasteiger partial charge >= 0.3 is 0 Å². The van der Waals surface area contributed by atoms with Crippen molar-refractivity contribution in [2.45, 2.75) is 6.92 Å². The highest BCUT2D eigenvalue weighted by atomic mass is 19.1. The molecular formula is C12H10FNO. The molecule has 1 aromatic carbocycles. The van der Waals surface area contributed by atoms with Gasteiger partial charge in [0.05, 0.1) is 11.9 Å². The molecule has 3 heteroatoms. The van der Waals surface area contributed by atoms with Gasteiger partial charge < -0.3 is 4.42 Å². The third-order valence-electron chi connectivity index (χ3n) is 1.94. The van der Waals surface area contributed by atoms with E-state index in [9.17, 15) is 4.39 Å². The SMILES string of the molecule is Cc1ccc(C=Nc2ccccc2F)o1. The van der Waals surface area contributed by atoms with Gasteiger partial charge in [0.2, 0.25) is 0 Å². The van der Waals surface area contributed by atoms with E-state index >= 15 is 0 Å². The molecule has 0 saturated heterocycles. The molecule has 1 heterocycles. The van der Waals surface area contributed by atoms with E-state index in [1.54, 1.807) is 24.3 Å². The highest BCUT2D eigenvalue weighted by molar-refractivity contribution is 5.78. The van der Waals surface area contributed by atoms with Crippen LogP contribution in [0.4, 0.5) is 10.1 Å². The minimum absolute atomic E-state index is 0.312. The zero-order valence-corrected chi connectivity index (χ0v) is 8.27. The summed E-state index contributed by atoms with van der Waals surface area (Å²) in [5.41, 5.74) is 0.312. The second-order valence-corrected chi connectivity index (χ2v) is 3.16. The maximum Gasteiger partial charge on any atom is 0.148 e. The number of hydrogen-bond acceptors (Lipinski definition) is 2. The summed E-state index contributed by atoms with van der Waals surface area (Å²) in [7, 11) is 0. The summed E-state index contributed by atoms with van der Waals surface area (Å²) >= 11 is 0. The predicted octanol–water partition coefficient (Wildman–Crippen LogP) is 3.48. The largest absolute Gasteiger partial charge is 0.460 e. The normalized spacial score (nSPS) is 11.1. The van der Waals surface area contributed by atoms with Gasteiger partial charge in [-0.1, -0.05) is 12.1 Å². The molecule has 0 N–H and O–H groups in total. The Balaban J connectivity index is 2.22. The Hall–Kier alpha value is -1.90. The molecule has 0 fully saturated rings. The van der Waals surface area contributed by atoms with E-state index in [-0.39, 0.29) is 5.82 Å². The van der Waals surface area contributed by atoms with Crippen molar-refractivity contribution in [2.24, 2.45) is 4.99 Å². The van der Waals surface area contributed by atoms with Gasteiger partial charge in [-0.05, 0) is 31.2 Å². The van der Waals surface area contributed by atoms with Crippen LogP contribution in [-0.4, -0.2) is 6.21 Å². The van der Waals surface area contributed by atoms with Crippen molar-refractivity contribution in [3.05, 3.63) is 53.7 Å². The lowest BCUT2D eigenvalue weighted by molar-refractivity contribution is 0.528. The number of furan rings is 1. The summed E-state index contributed by atoms with van der Waals surface area (Å²) in [6.45, 7) is 1.85. The maximum absolute atomic E-state index is 13.2. The van der Waals surface area contributed by atoms with Crippen LogP contribution < -0.4 is 0 Å². The van der Waals surface area contributed by atoms with Crippen LogP contribution in [0.5, 0.6) is 0 Å². The van der Waals surface area contributed by atoms with Crippen molar-refractivity contribution in [1.29, 1.82) is 0 Å². The van der Waals surface area contributed by atoms with Crippen molar-refractivity contribution in [2.75, 3.05) is 0 Å². The number of benzene rings is 1. The first kappa shape index (κ1) is 9.65. The second kappa shape index (κ2) is 4.09. The molecule has 0 amide bonds. The third-order valence-corrected chi connectivity index (χ3v) is 1.94. The monoisotopic (exact) mass is 203 g/mol. The van der Waals surface area contributed by atoms with Crippen LogP contribution in [0.3, 0.4) is 0 Å². The molecule has 0 radical (unpaired) electrons. The minimum atomic E-state index is -0.336. The zero-order valence-electron chi connectivity index (χ0n) is 8.27. The number of hydrogen-bond donors (Lipinski definition) is 0. The molecule has 1 aromatic heterocycles. The van der Waals surface area contributed by atoms with E-state index in [2.05, 4.69) is 4.99 Å². The Labute approximate surface area is 87.1 Å². The average molecular weight is 203 g/mol. The molecule has 2 nitrogen and oxygen atoms in total. The molecule has 0 aliphatic rings. The van der Waals surface area contributed by atoms with Gasteiger partial charge in [0, 0.05) is 0 Å². The minimum Gasteiger partial charge on any atom is -0.460 e. The summed E-state index contributed by atoms with van der Waals surface area (Å²) < 4.78 is 18.4. The van der Waals surface area contributed by atoms with Crippen LogP contribution in [0, 0.1) is 12.7 Å². The summed E-state index contributed by atoms with van der Waals surface area (Å²) in [6.07, 6.45) is 1.51. The first-order chi connectivity index (χ1) is 7.25. The number of halogens is 1. The molecule has 0 aliphatic carbocycles. The van der Waals surface area contributed by atoms with Crippen LogP contribution in [0.2, 0.25) is 0 Å². The van der Waals surface area contributed by atoms with Gasteiger partial charge in [-0.25, -0.2) is 9.38 Å². The second-order valence-electron chi connectivity index (χ2n) is 3.16. The van der Waals surface area contributed by atoms with E-state index < -0.39 is 0 Å². The van der Waals surface area contributed by atoms with Crippen LogP contribution in [0.1, 0.15) is 11.5 Å². The van der Waals surface area contributed by atoms with Gasteiger partial charge in [-0.3, -0.25) is 0 Å². The highest BCUT2D eigenvalue weighted by Crippen LogP contribution is 2.16. The molecule has 0 aliphatic heterocycles. The van der Waals surface area contributed by atoms with Gasteiger partial charge in [0.15, 0.2) is 0 Å². The van der Waals surface area contributed by atoms with Gasteiger partial charge in [-0.2, -0.15) is 0 Å². The highest BCUT2D eigenvalue weighted by Gasteiger charge is 1.97. The fourth-order valence-corrected chi connectivity index (χ4v) is 1.21. The first-order valence-electron chi connectivity index (χ1n) is 4.61.